The molecule has 8 heteroatoms. The molecule has 0 aliphatic carbocycles. The van der Waals surface area contributed by atoms with E-state index >= 15 is 0 Å². The summed E-state index contributed by atoms with van der Waals surface area (Å²) in [6, 6.07) is 6.02. The highest BCUT2D eigenvalue weighted by atomic mass is 35.5. The third-order valence-electron chi connectivity index (χ3n) is 5.66. The first-order valence-electron chi connectivity index (χ1n) is 9.79. The molecule has 2 aliphatic rings. The van der Waals surface area contributed by atoms with Gasteiger partial charge in [-0.2, -0.15) is 0 Å². The number of hydrogen-bond acceptors (Lipinski definition) is 7. The number of likely N-dealkylation sites (tertiary alicyclic amines) is 2. The highest BCUT2D eigenvalue weighted by Gasteiger charge is 2.32. The van der Waals surface area contributed by atoms with Gasteiger partial charge in [-0.25, -0.2) is 9.97 Å². The molecule has 3 atom stereocenters. The second-order valence-electron chi connectivity index (χ2n) is 7.55. The first-order chi connectivity index (χ1) is 13.6. The molecule has 4 rings (SSSR count). The molecule has 0 amide bonds. The van der Waals surface area contributed by atoms with E-state index in [-0.39, 0.29) is 6.10 Å². The number of aliphatic imine (C=N–C) groups is 1. The molecule has 1 unspecified atom stereocenters. The number of aromatic nitrogens is 2. The van der Waals surface area contributed by atoms with Crippen LogP contribution in [0.2, 0.25) is 5.15 Å². The number of nitrogens with zero attached hydrogens (tertiary/aromatic N) is 5. The molecule has 2 aromatic rings. The molecule has 0 spiro atoms. The Labute approximate surface area is 170 Å². The number of benzene rings is 1. The molecule has 2 fully saturated rings. The summed E-state index contributed by atoms with van der Waals surface area (Å²) in [4.78, 5) is 16.7. The Bertz CT molecular complexity index is 835. The number of hydrogen-bond donors (Lipinski definition) is 1. The van der Waals surface area contributed by atoms with E-state index in [1.54, 1.807) is 0 Å². The van der Waals surface area contributed by atoms with Gasteiger partial charge in [-0.1, -0.05) is 11.6 Å². The second-order valence-corrected chi connectivity index (χ2v) is 7.91. The minimum atomic E-state index is -0.468. The number of β-amino-alcohol motifs (C(OH)–C–C–N with tert-alkyl or cyclic N) is 1. The van der Waals surface area contributed by atoms with Gasteiger partial charge in [0.15, 0.2) is 0 Å². The van der Waals surface area contributed by atoms with Crippen LogP contribution >= 0.6 is 11.6 Å². The first-order valence-corrected chi connectivity index (χ1v) is 10.2. The van der Waals surface area contributed by atoms with Crippen molar-refractivity contribution < 1.29 is 9.84 Å². The van der Waals surface area contributed by atoms with Crippen LogP contribution in [-0.4, -0.2) is 82.7 Å². The molecule has 0 bridgehead atoms. The molecule has 1 N–H and O–H groups in total. The molecular formula is C20H26ClN5O2. The Morgan fingerprint density at radius 1 is 1.32 bits per heavy atom. The minimum Gasteiger partial charge on any atom is -0.489 e. The van der Waals surface area contributed by atoms with E-state index < -0.39 is 6.23 Å². The third kappa shape index (κ3) is 4.27. The van der Waals surface area contributed by atoms with E-state index in [1.165, 1.54) is 6.33 Å². The fourth-order valence-corrected chi connectivity index (χ4v) is 4.46. The van der Waals surface area contributed by atoms with E-state index in [9.17, 15) is 5.11 Å². The summed E-state index contributed by atoms with van der Waals surface area (Å²) in [6.45, 7) is 7.55. The maximum Gasteiger partial charge on any atom is 0.140 e. The van der Waals surface area contributed by atoms with Crippen molar-refractivity contribution in [1.82, 2.24) is 19.8 Å². The lowest BCUT2D eigenvalue weighted by Gasteiger charge is -2.31. The van der Waals surface area contributed by atoms with Crippen molar-refractivity contribution in [3.05, 3.63) is 29.7 Å². The molecule has 3 heterocycles. The average molecular weight is 404 g/mol. The summed E-state index contributed by atoms with van der Waals surface area (Å²) in [5.74, 6) is 0.772. The quantitative estimate of drug-likeness (QED) is 0.564. The normalized spacial score (nSPS) is 24.6. The summed E-state index contributed by atoms with van der Waals surface area (Å²) in [6.07, 6.45) is 4.21. The van der Waals surface area contributed by atoms with Crippen molar-refractivity contribution in [2.24, 2.45) is 4.99 Å². The number of aliphatic hydroxyl groups excluding tert-OH is 1. The molecule has 2 aliphatic heterocycles. The van der Waals surface area contributed by atoms with Crippen molar-refractivity contribution >= 4 is 29.2 Å². The van der Waals surface area contributed by atoms with Gasteiger partial charge in [-0.05, 0) is 44.2 Å². The summed E-state index contributed by atoms with van der Waals surface area (Å²) in [5.41, 5.74) is 0.803. The SMILES string of the molecule is C=NC[C@@H]1CCCN1C(O)CN1CC[C@H](Oc2ccc3ncnc(Cl)c3c2)C1. The standard InChI is InChI=1S/C20H26ClN5O2/c1-22-10-14-3-2-7-26(14)19(27)12-25-8-6-16(11-25)28-15-4-5-18-17(9-15)20(21)24-13-23-18/h4-5,9,13-14,16,19,27H,1-3,6-8,10-12H2/t14-,16-,19?/m0/s1. The predicted octanol–water partition coefficient (Wildman–Crippen LogP) is 2.22. The van der Waals surface area contributed by atoms with Crippen LogP contribution in [0, 0.1) is 0 Å². The first kappa shape index (κ1) is 19.5. The van der Waals surface area contributed by atoms with Crippen molar-refractivity contribution in [1.29, 1.82) is 0 Å². The maximum absolute atomic E-state index is 10.7. The van der Waals surface area contributed by atoms with Crippen LogP contribution < -0.4 is 4.74 Å². The molecule has 0 radical (unpaired) electrons. The van der Waals surface area contributed by atoms with E-state index in [1.807, 2.05) is 18.2 Å². The lowest BCUT2D eigenvalue weighted by molar-refractivity contribution is -0.0239. The van der Waals surface area contributed by atoms with Gasteiger partial charge in [0.05, 0.1) is 12.1 Å². The molecule has 0 saturated carbocycles. The highest BCUT2D eigenvalue weighted by molar-refractivity contribution is 6.34. The lowest BCUT2D eigenvalue weighted by Crippen LogP contribution is -2.46. The van der Waals surface area contributed by atoms with Crippen LogP contribution in [0.3, 0.4) is 0 Å². The molecule has 2 saturated heterocycles. The van der Waals surface area contributed by atoms with Crippen molar-refractivity contribution in [3.63, 3.8) is 0 Å². The smallest absolute Gasteiger partial charge is 0.140 e. The van der Waals surface area contributed by atoms with E-state index in [0.717, 1.165) is 55.5 Å². The fraction of sp³-hybridized carbons (Fsp3) is 0.550. The number of halogens is 1. The molecule has 150 valence electrons. The highest BCUT2D eigenvalue weighted by Crippen LogP contribution is 2.27. The zero-order valence-corrected chi connectivity index (χ0v) is 16.6. The maximum atomic E-state index is 10.7. The van der Waals surface area contributed by atoms with Gasteiger partial charge >= 0.3 is 0 Å². The predicted molar refractivity (Wildman–Crippen MR) is 110 cm³/mol. The van der Waals surface area contributed by atoms with Crippen LogP contribution in [0.5, 0.6) is 5.75 Å². The van der Waals surface area contributed by atoms with Gasteiger partial charge < -0.3 is 9.84 Å². The lowest BCUT2D eigenvalue weighted by atomic mass is 10.2. The van der Waals surface area contributed by atoms with Gasteiger partial charge in [-0.15, -0.1) is 0 Å². The Morgan fingerprint density at radius 3 is 3.07 bits per heavy atom. The molecule has 28 heavy (non-hydrogen) atoms. The summed E-state index contributed by atoms with van der Waals surface area (Å²) < 4.78 is 6.16. The zero-order valence-electron chi connectivity index (χ0n) is 15.9. The summed E-state index contributed by atoms with van der Waals surface area (Å²) in [7, 11) is 0. The largest absolute Gasteiger partial charge is 0.489 e. The van der Waals surface area contributed by atoms with E-state index in [2.05, 4.69) is 31.5 Å². The van der Waals surface area contributed by atoms with Crippen LogP contribution in [-0.2, 0) is 0 Å². The van der Waals surface area contributed by atoms with Crippen LogP contribution in [0.25, 0.3) is 10.9 Å². The second kappa shape index (κ2) is 8.69. The Kier molecular flexibility index (Phi) is 6.06. The molecule has 1 aromatic heterocycles. The van der Waals surface area contributed by atoms with Gasteiger partial charge in [0.25, 0.3) is 0 Å². The minimum absolute atomic E-state index is 0.0947. The van der Waals surface area contributed by atoms with Crippen LogP contribution in [0.1, 0.15) is 19.3 Å². The monoisotopic (exact) mass is 403 g/mol. The zero-order chi connectivity index (χ0) is 19.5. The Balaban J connectivity index is 1.33. The molecule has 7 nitrogen and oxygen atoms in total. The van der Waals surface area contributed by atoms with Crippen LogP contribution in [0.4, 0.5) is 0 Å². The average Bonchev–Trinajstić information content (AvgIpc) is 3.32. The van der Waals surface area contributed by atoms with Crippen molar-refractivity contribution in [3.8, 4) is 5.75 Å². The van der Waals surface area contributed by atoms with Gasteiger partial charge in [-0.3, -0.25) is 14.8 Å². The number of rotatable bonds is 7. The van der Waals surface area contributed by atoms with Gasteiger partial charge in [0.1, 0.15) is 29.6 Å². The topological polar surface area (TPSA) is 74.1 Å². The van der Waals surface area contributed by atoms with Crippen molar-refractivity contribution in [2.45, 2.75) is 37.6 Å². The number of fused-ring (bicyclic) bond motifs is 1. The number of ether oxygens (including phenoxy) is 1. The number of aliphatic hydroxyl groups is 1. The van der Waals surface area contributed by atoms with Gasteiger partial charge in [0, 0.05) is 37.6 Å². The van der Waals surface area contributed by atoms with E-state index in [0.29, 0.717) is 24.3 Å². The third-order valence-corrected chi connectivity index (χ3v) is 5.96. The fourth-order valence-electron chi connectivity index (χ4n) is 4.26. The molecule has 1 aromatic carbocycles. The summed E-state index contributed by atoms with van der Waals surface area (Å²) in [5, 5.41) is 11.9. The Hall–Kier alpha value is -1.80. The van der Waals surface area contributed by atoms with Crippen molar-refractivity contribution in [2.75, 3.05) is 32.7 Å². The Morgan fingerprint density at radius 2 is 2.21 bits per heavy atom. The van der Waals surface area contributed by atoms with E-state index in [4.69, 9.17) is 16.3 Å². The van der Waals surface area contributed by atoms with Gasteiger partial charge in [0.2, 0.25) is 0 Å². The van der Waals surface area contributed by atoms with Crippen LogP contribution in [0.15, 0.2) is 29.5 Å². The summed E-state index contributed by atoms with van der Waals surface area (Å²) >= 11 is 6.16. The molecular weight excluding hydrogens is 378 g/mol.